The molecule has 0 atom stereocenters. The molecule has 0 fully saturated rings. The van der Waals surface area contributed by atoms with Crippen LogP contribution in [-0.4, -0.2) is 31.2 Å². The van der Waals surface area contributed by atoms with Gasteiger partial charge in [-0.15, -0.1) is 0 Å². The molecule has 0 aliphatic carbocycles. The third kappa shape index (κ3) is 3.51. The molecule has 0 saturated heterocycles. The van der Waals surface area contributed by atoms with Gasteiger partial charge in [0.2, 0.25) is 0 Å². The standard InChI is InChI=1S/C10H14N4O4/c1-18-8-4-2-3-7(9(8)14(16)17)12-5-6-13-10(11)15/h2-4,12H,5-6H2,1H3,(H3,11,13,15). The lowest BCUT2D eigenvalue weighted by molar-refractivity contribution is -0.384. The fourth-order valence-electron chi connectivity index (χ4n) is 1.40. The molecule has 98 valence electrons. The summed E-state index contributed by atoms with van der Waals surface area (Å²) in [5.74, 6) is 0.174. The van der Waals surface area contributed by atoms with E-state index in [0.29, 0.717) is 12.2 Å². The number of para-hydroxylation sites is 1. The van der Waals surface area contributed by atoms with Crippen molar-refractivity contribution in [2.45, 2.75) is 0 Å². The van der Waals surface area contributed by atoms with Gasteiger partial charge in [0.05, 0.1) is 12.0 Å². The Morgan fingerprint density at radius 2 is 2.22 bits per heavy atom. The highest BCUT2D eigenvalue weighted by atomic mass is 16.6. The van der Waals surface area contributed by atoms with Crippen LogP contribution < -0.4 is 21.1 Å². The van der Waals surface area contributed by atoms with Gasteiger partial charge in [0.1, 0.15) is 5.69 Å². The predicted octanol–water partition coefficient (Wildman–Crippen LogP) is 0.684. The Hall–Kier alpha value is -2.51. The highest BCUT2D eigenvalue weighted by molar-refractivity contribution is 5.72. The summed E-state index contributed by atoms with van der Waals surface area (Å²) in [4.78, 5) is 20.9. The number of hydrogen-bond acceptors (Lipinski definition) is 5. The van der Waals surface area contributed by atoms with E-state index < -0.39 is 11.0 Å². The first-order chi connectivity index (χ1) is 8.56. The minimum atomic E-state index is -0.642. The summed E-state index contributed by atoms with van der Waals surface area (Å²) in [6.45, 7) is 0.584. The Labute approximate surface area is 103 Å². The number of rotatable bonds is 6. The molecule has 0 unspecified atom stereocenters. The van der Waals surface area contributed by atoms with Gasteiger partial charge in [0.25, 0.3) is 0 Å². The second kappa shape index (κ2) is 6.28. The van der Waals surface area contributed by atoms with Crippen molar-refractivity contribution >= 4 is 17.4 Å². The lowest BCUT2D eigenvalue weighted by Gasteiger charge is -2.09. The number of amides is 2. The minimum Gasteiger partial charge on any atom is -0.490 e. The normalized spacial score (nSPS) is 9.61. The van der Waals surface area contributed by atoms with Gasteiger partial charge in [-0.2, -0.15) is 0 Å². The summed E-state index contributed by atoms with van der Waals surface area (Å²) in [7, 11) is 1.36. The number of benzene rings is 1. The Balaban J connectivity index is 2.75. The van der Waals surface area contributed by atoms with Crippen molar-refractivity contribution in [2.75, 3.05) is 25.5 Å². The Kier molecular flexibility index (Phi) is 4.73. The molecule has 0 bridgehead atoms. The molecule has 0 spiro atoms. The van der Waals surface area contributed by atoms with Crippen molar-refractivity contribution in [2.24, 2.45) is 5.73 Å². The molecule has 0 radical (unpaired) electrons. The van der Waals surface area contributed by atoms with Gasteiger partial charge in [0, 0.05) is 13.1 Å². The van der Waals surface area contributed by atoms with E-state index in [-0.39, 0.29) is 18.0 Å². The molecule has 1 aromatic carbocycles. The number of urea groups is 1. The number of anilines is 1. The predicted molar refractivity (Wildman–Crippen MR) is 65.7 cm³/mol. The van der Waals surface area contributed by atoms with Crippen LogP contribution in [0.5, 0.6) is 5.75 Å². The Morgan fingerprint density at radius 3 is 2.78 bits per heavy atom. The fourth-order valence-corrected chi connectivity index (χ4v) is 1.40. The molecule has 2 amide bonds. The van der Waals surface area contributed by atoms with Crippen molar-refractivity contribution in [3.05, 3.63) is 28.3 Å². The number of nitrogens with zero attached hydrogens (tertiary/aromatic N) is 1. The second-order valence-corrected chi connectivity index (χ2v) is 3.33. The number of carbonyl (C=O) groups is 1. The lowest BCUT2D eigenvalue weighted by atomic mass is 10.2. The van der Waals surface area contributed by atoms with E-state index in [1.165, 1.54) is 13.2 Å². The number of nitrogens with two attached hydrogens (primary N) is 1. The monoisotopic (exact) mass is 254 g/mol. The molecule has 8 heteroatoms. The van der Waals surface area contributed by atoms with Crippen LogP contribution in [0.15, 0.2) is 18.2 Å². The van der Waals surface area contributed by atoms with E-state index >= 15 is 0 Å². The number of ether oxygens (including phenoxy) is 1. The number of carbonyl (C=O) groups excluding carboxylic acids is 1. The zero-order chi connectivity index (χ0) is 13.5. The van der Waals surface area contributed by atoms with E-state index in [4.69, 9.17) is 10.5 Å². The third-order valence-electron chi connectivity index (χ3n) is 2.14. The van der Waals surface area contributed by atoms with Crippen LogP contribution in [0, 0.1) is 10.1 Å². The molecule has 1 aromatic rings. The Bertz CT molecular complexity index is 450. The average Bonchev–Trinajstić information content (AvgIpc) is 2.33. The van der Waals surface area contributed by atoms with E-state index in [0.717, 1.165) is 0 Å². The maximum atomic E-state index is 10.9. The number of nitro groups is 1. The smallest absolute Gasteiger partial charge is 0.333 e. The Morgan fingerprint density at radius 1 is 1.50 bits per heavy atom. The number of primary amides is 1. The van der Waals surface area contributed by atoms with Gasteiger partial charge in [-0.05, 0) is 12.1 Å². The molecule has 0 heterocycles. The molecule has 4 N–H and O–H groups in total. The highest BCUT2D eigenvalue weighted by Crippen LogP contribution is 2.34. The van der Waals surface area contributed by atoms with E-state index in [1.807, 2.05) is 0 Å². The maximum absolute atomic E-state index is 10.9. The largest absolute Gasteiger partial charge is 0.490 e. The third-order valence-corrected chi connectivity index (χ3v) is 2.14. The van der Waals surface area contributed by atoms with E-state index in [1.54, 1.807) is 12.1 Å². The van der Waals surface area contributed by atoms with Crippen molar-refractivity contribution < 1.29 is 14.5 Å². The molecular weight excluding hydrogens is 240 g/mol. The minimum absolute atomic E-state index is 0.140. The molecule has 8 nitrogen and oxygen atoms in total. The van der Waals surface area contributed by atoms with Crippen LogP contribution >= 0.6 is 0 Å². The molecule has 0 aliphatic heterocycles. The number of hydrogen-bond donors (Lipinski definition) is 3. The molecule has 0 saturated carbocycles. The van der Waals surface area contributed by atoms with Crippen LogP contribution in [0.3, 0.4) is 0 Å². The van der Waals surface area contributed by atoms with Gasteiger partial charge in [-0.25, -0.2) is 4.79 Å². The summed E-state index contributed by atoms with van der Waals surface area (Å²) in [5, 5.41) is 16.1. The molecule has 18 heavy (non-hydrogen) atoms. The topological polar surface area (TPSA) is 120 Å². The van der Waals surface area contributed by atoms with Crippen molar-refractivity contribution in [1.29, 1.82) is 0 Å². The quantitative estimate of drug-likeness (QED) is 0.392. The SMILES string of the molecule is COc1cccc(NCCNC(N)=O)c1[N+](=O)[O-]. The van der Waals surface area contributed by atoms with Gasteiger partial charge >= 0.3 is 11.7 Å². The first-order valence-corrected chi connectivity index (χ1v) is 5.15. The molecule has 0 aliphatic rings. The van der Waals surface area contributed by atoms with Crippen LogP contribution in [0.25, 0.3) is 0 Å². The van der Waals surface area contributed by atoms with Crippen molar-refractivity contribution in [1.82, 2.24) is 5.32 Å². The van der Waals surface area contributed by atoms with Crippen LogP contribution in [0.2, 0.25) is 0 Å². The second-order valence-electron chi connectivity index (χ2n) is 3.33. The molecular formula is C10H14N4O4. The summed E-state index contributed by atoms with van der Waals surface area (Å²) >= 11 is 0. The van der Waals surface area contributed by atoms with Crippen molar-refractivity contribution in [3.63, 3.8) is 0 Å². The van der Waals surface area contributed by atoms with Gasteiger partial charge in [0.15, 0.2) is 5.75 Å². The average molecular weight is 254 g/mol. The van der Waals surface area contributed by atoms with Crippen molar-refractivity contribution in [3.8, 4) is 5.75 Å². The number of methoxy groups -OCH3 is 1. The first-order valence-electron chi connectivity index (χ1n) is 5.15. The van der Waals surface area contributed by atoms with Crippen LogP contribution in [-0.2, 0) is 0 Å². The lowest BCUT2D eigenvalue weighted by Crippen LogP contribution is -2.33. The zero-order valence-electron chi connectivity index (χ0n) is 9.80. The number of nitrogens with one attached hydrogen (secondary N) is 2. The van der Waals surface area contributed by atoms with E-state index in [9.17, 15) is 14.9 Å². The van der Waals surface area contributed by atoms with Gasteiger partial charge in [-0.1, -0.05) is 6.07 Å². The first kappa shape index (κ1) is 13.6. The maximum Gasteiger partial charge on any atom is 0.333 e. The van der Waals surface area contributed by atoms with Gasteiger partial charge in [-0.3, -0.25) is 10.1 Å². The number of nitro benzene ring substituents is 1. The van der Waals surface area contributed by atoms with Crippen LogP contribution in [0.4, 0.5) is 16.2 Å². The summed E-state index contributed by atoms with van der Waals surface area (Å²) in [5.41, 5.74) is 5.07. The van der Waals surface area contributed by atoms with E-state index in [2.05, 4.69) is 10.6 Å². The fraction of sp³-hybridized carbons (Fsp3) is 0.300. The molecule has 1 rings (SSSR count). The highest BCUT2D eigenvalue weighted by Gasteiger charge is 2.19. The molecule has 0 aromatic heterocycles. The van der Waals surface area contributed by atoms with Crippen LogP contribution in [0.1, 0.15) is 0 Å². The summed E-state index contributed by atoms with van der Waals surface area (Å²) in [6.07, 6.45) is 0. The summed E-state index contributed by atoms with van der Waals surface area (Å²) < 4.78 is 4.92. The summed E-state index contributed by atoms with van der Waals surface area (Å²) in [6, 6.07) is 4.06. The zero-order valence-corrected chi connectivity index (χ0v) is 9.80. The van der Waals surface area contributed by atoms with Gasteiger partial charge < -0.3 is 21.1 Å².